The number of anilines is 1. The number of aromatic nitrogens is 2. The molecule has 6 nitrogen and oxygen atoms in total. The van der Waals surface area contributed by atoms with E-state index in [-0.39, 0.29) is 5.91 Å². The average molecular weight is 400 g/mol. The molecule has 2 aromatic rings. The summed E-state index contributed by atoms with van der Waals surface area (Å²) in [6.45, 7) is 12.0. The molecule has 1 amide bonds. The zero-order chi connectivity index (χ0) is 19.9. The summed E-state index contributed by atoms with van der Waals surface area (Å²) in [4.78, 5) is 26.2. The highest BCUT2D eigenvalue weighted by atomic mass is 32.2. The van der Waals surface area contributed by atoms with Gasteiger partial charge in [0.25, 0.3) is 5.91 Å². The second kappa shape index (κ2) is 9.89. The van der Waals surface area contributed by atoms with Crippen molar-refractivity contribution in [2.45, 2.75) is 31.7 Å². The van der Waals surface area contributed by atoms with Crippen LogP contribution in [0.15, 0.2) is 35.5 Å². The number of aryl methyl sites for hydroxylation is 1. The molecule has 1 aliphatic heterocycles. The van der Waals surface area contributed by atoms with E-state index in [9.17, 15) is 4.79 Å². The van der Waals surface area contributed by atoms with Crippen LogP contribution in [0.4, 0.5) is 5.82 Å². The highest BCUT2D eigenvalue weighted by Gasteiger charge is 2.18. The maximum Gasteiger partial charge on any atom is 0.251 e. The number of carbonyl (C=O) groups is 1. The number of piperazine rings is 1. The van der Waals surface area contributed by atoms with Gasteiger partial charge in [0.1, 0.15) is 5.82 Å². The SMILES string of the molecule is CCNC(=O)c1cccc(CSc2nc(C)cc(N3CCN(CC)CC3)n2)c1. The summed E-state index contributed by atoms with van der Waals surface area (Å²) in [6, 6.07) is 9.82. The van der Waals surface area contributed by atoms with Gasteiger partial charge in [0, 0.05) is 55.8 Å². The third kappa shape index (κ3) is 5.45. The summed E-state index contributed by atoms with van der Waals surface area (Å²) in [5.74, 6) is 1.72. The quantitative estimate of drug-likeness (QED) is 0.571. The van der Waals surface area contributed by atoms with Gasteiger partial charge in [0.05, 0.1) is 0 Å². The highest BCUT2D eigenvalue weighted by Crippen LogP contribution is 2.24. The van der Waals surface area contributed by atoms with E-state index in [0.717, 1.165) is 60.7 Å². The van der Waals surface area contributed by atoms with Gasteiger partial charge in [-0.3, -0.25) is 4.79 Å². The molecule has 0 aliphatic carbocycles. The van der Waals surface area contributed by atoms with Crippen molar-refractivity contribution in [2.75, 3.05) is 44.2 Å². The lowest BCUT2D eigenvalue weighted by Crippen LogP contribution is -2.46. The first kappa shape index (κ1) is 20.6. The Hall–Kier alpha value is -2.12. The molecule has 0 atom stereocenters. The van der Waals surface area contributed by atoms with Crippen molar-refractivity contribution in [3.05, 3.63) is 47.2 Å². The molecule has 1 aliphatic rings. The maximum absolute atomic E-state index is 12.0. The third-order valence-electron chi connectivity index (χ3n) is 4.86. The molecule has 0 radical (unpaired) electrons. The molecule has 1 N–H and O–H groups in total. The molecule has 0 unspecified atom stereocenters. The number of carbonyl (C=O) groups excluding carboxylic acids is 1. The fourth-order valence-corrected chi connectivity index (χ4v) is 4.10. The fourth-order valence-electron chi connectivity index (χ4n) is 3.26. The Labute approximate surface area is 171 Å². The van der Waals surface area contributed by atoms with Crippen molar-refractivity contribution >= 4 is 23.5 Å². The van der Waals surface area contributed by atoms with Gasteiger partial charge >= 0.3 is 0 Å². The maximum atomic E-state index is 12.0. The molecule has 0 bridgehead atoms. The first-order valence-electron chi connectivity index (χ1n) is 9.92. The first-order chi connectivity index (χ1) is 13.6. The van der Waals surface area contributed by atoms with Crippen molar-refractivity contribution in [1.29, 1.82) is 0 Å². The van der Waals surface area contributed by atoms with E-state index >= 15 is 0 Å². The van der Waals surface area contributed by atoms with Crippen molar-refractivity contribution < 1.29 is 4.79 Å². The molecule has 150 valence electrons. The van der Waals surface area contributed by atoms with Crippen LogP contribution in [0, 0.1) is 6.92 Å². The fraction of sp³-hybridized carbons (Fsp3) is 0.476. The van der Waals surface area contributed by atoms with Gasteiger partial charge in [-0.1, -0.05) is 30.8 Å². The molecular formula is C21H29N5OS. The second-order valence-electron chi connectivity index (χ2n) is 6.92. The normalized spacial score (nSPS) is 14.9. The predicted molar refractivity (Wildman–Crippen MR) is 115 cm³/mol. The van der Waals surface area contributed by atoms with Crippen LogP contribution in [0.1, 0.15) is 35.5 Å². The van der Waals surface area contributed by atoms with Gasteiger partial charge < -0.3 is 15.1 Å². The minimum Gasteiger partial charge on any atom is -0.354 e. The van der Waals surface area contributed by atoms with Gasteiger partial charge in [0.2, 0.25) is 0 Å². The van der Waals surface area contributed by atoms with Crippen LogP contribution in [0.2, 0.25) is 0 Å². The number of nitrogens with one attached hydrogen (secondary N) is 1. The topological polar surface area (TPSA) is 61.4 Å². The average Bonchev–Trinajstić information content (AvgIpc) is 2.72. The van der Waals surface area contributed by atoms with Crippen LogP contribution >= 0.6 is 11.8 Å². The number of nitrogens with zero attached hydrogens (tertiary/aromatic N) is 4. The Kier molecular flexibility index (Phi) is 7.28. The molecule has 28 heavy (non-hydrogen) atoms. The molecule has 1 aromatic heterocycles. The number of thioether (sulfide) groups is 1. The highest BCUT2D eigenvalue weighted by molar-refractivity contribution is 7.98. The molecule has 1 aromatic carbocycles. The summed E-state index contributed by atoms with van der Waals surface area (Å²) < 4.78 is 0. The third-order valence-corrected chi connectivity index (χ3v) is 5.78. The molecule has 0 saturated carbocycles. The van der Waals surface area contributed by atoms with Crippen LogP contribution in [0.5, 0.6) is 0 Å². The van der Waals surface area contributed by atoms with Gasteiger partial charge in [-0.05, 0) is 38.1 Å². The lowest BCUT2D eigenvalue weighted by Gasteiger charge is -2.34. The van der Waals surface area contributed by atoms with Crippen molar-refractivity contribution in [3.63, 3.8) is 0 Å². The molecule has 2 heterocycles. The second-order valence-corrected chi connectivity index (χ2v) is 7.86. The number of benzene rings is 1. The van der Waals surface area contributed by atoms with Gasteiger partial charge in [-0.2, -0.15) is 0 Å². The summed E-state index contributed by atoms with van der Waals surface area (Å²) >= 11 is 1.61. The van der Waals surface area contributed by atoms with Crippen molar-refractivity contribution in [2.24, 2.45) is 0 Å². The number of hydrogen-bond acceptors (Lipinski definition) is 6. The van der Waals surface area contributed by atoms with Crippen molar-refractivity contribution in [3.8, 4) is 0 Å². The molecule has 3 rings (SSSR count). The zero-order valence-electron chi connectivity index (χ0n) is 16.9. The minimum absolute atomic E-state index is 0.0327. The Bertz CT molecular complexity index is 805. The van der Waals surface area contributed by atoms with Crippen LogP contribution in [-0.4, -0.2) is 60.0 Å². The first-order valence-corrected chi connectivity index (χ1v) is 10.9. The number of amides is 1. The standard InChI is InChI=1S/C21H29N5OS/c1-4-22-20(27)18-8-6-7-17(14-18)15-28-21-23-16(3)13-19(24-21)26-11-9-25(5-2)10-12-26/h6-8,13-14H,4-5,9-12,15H2,1-3H3,(H,22,27). The van der Waals surface area contributed by atoms with Crippen LogP contribution in [0.25, 0.3) is 0 Å². The lowest BCUT2D eigenvalue weighted by molar-refractivity contribution is 0.0955. The Morgan fingerprint density at radius 2 is 1.93 bits per heavy atom. The molecule has 7 heteroatoms. The lowest BCUT2D eigenvalue weighted by atomic mass is 10.1. The van der Waals surface area contributed by atoms with E-state index in [1.54, 1.807) is 11.8 Å². The van der Waals surface area contributed by atoms with Gasteiger partial charge in [0.15, 0.2) is 5.16 Å². The summed E-state index contributed by atoms with van der Waals surface area (Å²) in [6.07, 6.45) is 0. The van der Waals surface area contributed by atoms with E-state index in [1.807, 2.05) is 38.1 Å². The number of likely N-dealkylation sites (N-methyl/N-ethyl adjacent to an activating group) is 1. The van der Waals surface area contributed by atoms with E-state index < -0.39 is 0 Å². The van der Waals surface area contributed by atoms with E-state index in [0.29, 0.717) is 12.1 Å². The molecule has 0 spiro atoms. The molecular weight excluding hydrogens is 370 g/mol. The Balaban J connectivity index is 1.66. The van der Waals surface area contributed by atoms with Gasteiger partial charge in [-0.15, -0.1) is 0 Å². The van der Waals surface area contributed by atoms with Crippen LogP contribution in [-0.2, 0) is 5.75 Å². The number of hydrogen-bond donors (Lipinski definition) is 1. The predicted octanol–water partition coefficient (Wildman–Crippen LogP) is 2.97. The van der Waals surface area contributed by atoms with Crippen LogP contribution in [0.3, 0.4) is 0 Å². The molecule has 1 saturated heterocycles. The van der Waals surface area contributed by atoms with Crippen LogP contribution < -0.4 is 10.2 Å². The number of rotatable bonds is 7. The smallest absolute Gasteiger partial charge is 0.251 e. The Morgan fingerprint density at radius 1 is 1.14 bits per heavy atom. The molecule has 1 fully saturated rings. The van der Waals surface area contributed by atoms with Crippen molar-refractivity contribution in [1.82, 2.24) is 20.2 Å². The Morgan fingerprint density at radius 3 is 2.64 bits per heavy atom. The summed E-state index contributed by atoms with van der Waals surface area (Å²) in [5.41, 5.74) is 2.78. The largest absolute Gasteiger partial charge is 0.354 e. The van der Waals surface area contributed by atoms with E-state index in [1.165, 1.54) is 0 Å². The zero-order valence-corrected chi connectivity index (χ0v) is 17.8. The summed E-state index contributed by atoms with van der Waals surface area (Å²) in [5, 5.41) is 3.63. The monoisotopic (exact) mass is 399 g/mol. The van der Waals surface area contributed by atoms with E-state index in [2.05, 4.69) is 33.1 Å². The van der Waals surface area contributed by atoms with E-state index in [4.69, 9.17) is 4.98 Å². The summed E-state index contributed by atoms with van der Waals surface area (Å²) in [7, 11) is 0. The minimum atomic E-state index is -0.0327. The van der Waals surface area contributed by atoms with Gasteiger partial charge in [-0.25, -0.2) is 9.97 Å².